The maximum absolute atomic E-state index is 12.3. The molecule has 0 spiro atoms. The van der Waals surface area contributed by atoms with E-state index in [0.717, 1.165) is 29.5 Å². The van der Waals surface area contributed by atoms with Gasteiger partial charge in [-0.25, -0.2) is 0 Å². The molecule has 2 rings (SSSR count). The molecule has 1 aliphatic rings. The third-order valence-corrected chi connectivity index (χ3v) is 4.64. The van der Waals surface area contributed by atoms with Gasteiger partial charge in [0.2, 0.25) is 0 Å². The van der Waals surface area contributed by atoms with Crippen LogP contribution in [0.2, 0.25) is 5.02 Å². The summed E-state index contributed by atoms with van der Waals surface area (Å²) in [5.74, 6) is 0.416. The number of rotatable bonds is 3. The summed E-state index contributed by atoms with van der Waals surface area (Å²) in [7, 11) is 1.55. The predicted molar refractivity (Wildman–Crippen MR) is 84.1 cm³/mol. The van der Waals surface area contributed by atoms with Gasteiger partial charge in [0, 0.05) is 16.2 Å². The predicted octanol–water partition coefficient (Wildman–Crippen LogP) is 2.44. The lowest BCUT2D eigenvalue weighted by Crippen LogP contribution is -2.45. The first-order chi connectivity index (χ1) is 9.11. The van der Waals surface area contributed by atoms with Crippen molar-refractivity contribution in [3.8, 4) is 5.75 Å². The minimum absolute atomic E-state index is 0.135. The molecule has 6 heteroatoms. The van der Waals surface area contributed by atoms with E-state index < -0.39 is 0 Å². The van der Waals surface area contributed by atoms with Crippen molar-refractivity contribution in [2.24, 2.45) is 0 Å². The van der Waals surface area contributed by atoms with Gasteiger partial charge >= 0.3 is 0 Å². The zero-order valence-electron chi connectivity index (χ0n) is 10.6. The largest absolute Gasteiger partial charge is 0.496 e. The second kappa shape index (κ2) is 6.76. The van der Waals surface area contributed by atoms with Crippen molar-refractivity contribution in [2.45, 2.75) is 18.9 Å². The maximum atomic E-state index is 12.3. The van der Waals surface area contributed by atoms with Gasteiger partial charge in [0.15, 0.2) is 0 Å². The highest BCUT2D eigenvalue weighted by Crippen LogP contribution is 2.28. The second-order valence-corrected chi connectivity index (χ2v) is 6.05. The monoisotopic (exact) mass is 394 g/mol. The summed E-state index contributed by atoms with van der Waals surface area (Å²) < 4.78 is 6.12. The number of methoxy groups -OCH3 is 1. The Labute approximate surface area is 131 Å². The third-order valence-electron chi connectivity index (χ3n) is 3.12. The fourth-order valence-electron chi connectivity index (χ4n) is 2.11. The molecule has 1 amide bonds. The van der Waals surface area contributed by atoms with Gasteiger partial charge in [-0.3, -0.25) is 4.79 Å². The lowest BCUT2D eigenvalue weighted by atomic mass is 10.1. The molecule has 0 radical (unpaired) electrons. The summed E-state index contributed by atoms with van der Waals surface area (Å²) >= 11 is 8.19. The number of halogens is 2. The quantitative estimate of drug-likeness (QED) is 0.774. The topological polar surface area (TPSA) is 50.4 Å². The number of ether oxygens (including phenoxy) is 1. The molecule has 2 N–H and O–H groups in total. The summed E-state index contributed by atoms with van der Waals surface area (Å²) in [6.07, 6.45) is 2.08. The lowest BCUT2D eigenvalue weighted by molar-refractivity contribution is 0.0927. The lowest BCUT2D eigenvalue weighted by Gasteiger charge is -2.24. The van der Waals surface area contributed by atoms with E-state index in [1.54, 1.807) is 19.2 Å². The Kier molecular flexibility index (Phi) is 5.29. The molecule has 0 aliphatic carbocycles. The van der Waals surface area contributed by atoms with Crippen LogP contribution in [-0.4, -0.2) is 32.1 Å². The zero-order valence-corrected chi connectivity index (χ0v) is 13.5. The molecule has 1 atom stereocenters. The Morgan fingerprint density at radius 2 is 2.37 bits per heavy atom. The van der Waals surface area contributed by atoms with E-state index in [1.165, 1.54) is 0 Å². The standard InChI is InChI=1S/C13H16ClIN2O2/c1-19-12-6-11(15)10(14)5-9(12)13(18)17-8-3-2-4-16-7-8/h5-6,8,16H,2-4,7H2,1H3,(H,17,18)/t8-/m0/s1. The first-order valence-electron chi connectivity index (χ1n) is 6.16. The number of hydrogen-bond donors (Lipinski definition) is 2. The fourth-order valence-corrected chi connectivity index (χ4v) is 2.72. The fraction of sp³-hybridized carbons (Fsp3) is 0.462. The van der Waals surface area contributed by atoms with E-state index >= 15 is 0 Å². The highest BCUT2D eigenvalue weighted by Gasteiger charge is 2.20. The van der Waals surface area contributed by atoms with Gasteiger partial charge in [-0.15, -0.1) is 0 Å². The minimum atomic E-state index is -0.135. The summed E-state index contributed by atoms with van der Waals surface area (Å²) in [5, 5.41) is 6.84. The van der Waals surface area contributed by atoms with E-state index in [4.69, 9.17) is 16.3 Å². The molecule has 1 aliphatic heterocycles. The van der Waals surface area contributed by atoms with Gasteiger partial charge in [-0.2, -0.15) is 0 Å². The summed E-state index contributed by atoms with van der Waals surface area (Å²) in [5.41, 5.74) is 0.485. The molecule has 1 heterocycles. The van der Waals surface area contributed by atoms with Crippen LogP contribution in [0.1, 0.15) is 23.2 Å². The molecule has 0 saturated carbocycles. The van der Waals surface area contributed by atoms with Crippen LogP contribution in [0.15, 0.2) is 12.1 Å². The van der Waals surface area contributed by atoms with E-state index in [1.807, 2.05) is 0 Å². The van der Waals surface area contributed by atoms with Crippen LogP contribution in [0.5, 0.6) is 5.75 Å². The summed E-state index contributed by atoms with van der Waals surface area (Å²) in [4.78, 5) is 12.3. The van der Waals surface area contributed by atoms with Crippen LogP contribution in [0.4, 0.5) is 0 Å². The van der Waals surface area contributed by atoms with Crippen LogP contribution in [0.25, 0.3) is 0 Å². The van der Waals surface area contributed by atoms with Crippen molar-refractivity contribution in [1.82, 2.24) is 10.6 Å². The molecule has 4 nitrogen and oxygen atoms in total. The van der Waals surface area contributed by atoms with Crippen molar-refractivity contribution in [1.29, 1.82) is 0 Å². The van der Waals surface area contributed by atoms with Crippen molar-refractivity contribution in [2.75, 3.05) is 20.2 Å². The van der Waals surface area contributed by atoms with Gasteiger partial charge in [-0.05, 0) is 54.1 Å². The molecule has 19 heavy (non-hydrogen) atoms. The van der Waals surface area contributed by atoms with Crippen LogP contribution >= 0.6 is 34.2 Å². The summed E-state index contributed by atoms with van der Waals surface area (Å²) in [6.45, 7) is 1.83. The summed E-state index contributed by atoms with van der Waals surface area (Å²) in [6, 6.07) is 3.61. The van der Waals surface area contributed by atoms with Crippen molar-refractivity contribution in [3.05, 3.63) is 26.3 Å². The number of hydrogen-bond acceptors (Lipinski definition) is 3. The molecule has 104 valence electrons. The van der Waals surface area contributed by atoms with Gasteiger partial charge in [0.25, 0.3) is 5.91 Å². The molecule has 0 unspecified atom stereocenters. The molecular weight excluding hydrogens is 379 g/mol. The van der Waals surface area contributed by atoms with E-state index in [2.05, 4.69) is 33.2 Å². The molecule has 0 bridgehead atoms. The molecule has 1 aromatic carbocycles. The van der Waals surface area contributed by atoms with Gasteiger partial charge in [0.1, 0.15) is 5.75 Å². The average molecular weight is 395 g/mol. The van der Waals surface area contributed by atoms with E-state index in [0.29, 0.717) is 16.3 Å². The number of benzene rings is 1. The van der Waals surface area contributed by atoms with E-state index in [-0.39, 0.29) is 11.9 Å². The second-order valence-electron chi connectivity index (χ2n) is 4.48. The zero-order chi connectivity index (χ0) is 13.8. The normalized spacial score (nSPS) is 19.0. The Balaban J connectivity index is 2.15. The molecule has 0 aromatic heterocycles. The van der Waals surface area contributed by atoms with Gasteiger partial charge in [-0.1, -0.05) is 11.6 Å². The number of piperidine rings is 1. The van der Waals surface area contributed by atoms with Crippen molar-refractivity contribution in [3.63, 3.8) is 0 Å². The first-order valence-corrected chi connectivity index (χ1v) is 7.62. The van der Waals surface area contributed by atoms with Crippen LogP contribution in [-0.2, 0) is 0 Å². The van der Waals surface area contributed by atoms with Gasteiger partial charge < -0.3 is 15.4 Å². The maximum Gasteiger partial charge on any atom is 0.255 e. The van der Waals surface area contributed by atoms with Crippen molar-refractivity contribution < 1.29 is 9.53 Å². The van der Waals surface area contributed by atoms with Crippen LogP contribution in [0.3, 0.4) is 0 Å². The molecule has 1 saturated heterocycles. The number of carbonyl (C=O) groups is 1. The van der Waals surface area contributed by atoms with Gasteiger partial charge in [0.05, 0.1) is 17.7 Å². The Morgan fingerprint density at radius 3 is 3.00 bits per heavy atom. The Hall–Kier alpha value is -0.530. The van der Waals surface area contributed by atoms with Crippen LogP contribution < -0.4 is 15.4 Å². The number of nitrogens with one attached hydrogen (secondary N) is 2. The highest BCUT2D eigenvalue weighted by molar-refractivity contribution is 14.1. The first kappa shape index (κ1) is 14.9. The number of carbonyl (C=O) groups excluding carboxylic acids is 1. The van der Waals surface area contributed by atoms with E-state index in [9.17, 15) is 4.79 Å². The van der Waals surface area contributed by atoms with Crippen LogP contribution in [0, 0.1) is 3.57 Å². The highest BCUT2D eigenvalue weighted by atomic mass is 127. The molecular formula is C13H16ClIN2O2. The number of amides is 1. The molecule has 1 aromatic rings. The average Bonchev–Trinajstić information content (AvgIpc) is 2.42. The Morgan fingerprint density at radius 1 is 1.58 bits per heavy atom. The third kappa shape index (κ3) is 3.73. The smallest absolute Gasteiger partial charge is 0.255 e. The Bertz CT molecular complexity index is 476. The SMILES string of the molecule is COc1cc(I)c(Cl)cc1C(=O)N[C@H]1CCCNC1. The van der Waals surface area contributed by atoms with Crippen molar-refractivity contribution >= 4 is 40.1 Å². The molecule has 1 fully saturated rings. The minimum Gasteiger partial charge on any atom is -0.496 e.